The van der Waals surface area contributed by atoms with Gasteiger partial charge >= 0.3 is 17.9 Å². The molecule has 0 heterocycles. The SMILES string of the molecule is CCC1CC(C(=O)OC)CC1C(=O)OC(C)(C)C.CCC1CC(CO)CC1C(=O)OC(C)(C)C. The van der Waals surface area contributed by atoms with E-state index in [1.807, 2.05) is 48.5 Å². The molecule has 7 heteroatoms. The van der Waals surface area contributed by atoms with Crippen LogP contribution in [-0.4, -0.2) is 47.9 Å². The fourth-order valence-corrected chi connectivity index (χ4v) is 5.11. The highest BCUT2D eigenvalue weighted by molar-refractivity contribution is 5.78. The van der Waals surface area contributed by atoms with E-state index in [-0.39, 0.29) is 54.1 Å². The molecular formula is C27H48O7. The number of carbonyl (C=O) groups excluding carboxylic acids is 3. The Labute approximate surface area is 206 Å². The second kappa shape index (κ2) is 12.9. The van der Waals surface area contributed by atoms with Crippen molar-refractivity contribution in [3.05, 3.63) is 0 Å². The summed E-state index contributed by atoms with van der Waals surface area (Å²) in [5.74, 6) is 0.0751. The summed E-state index contributed by atoms with van der Waals surface area (Å²) >= 11 is 0. The Morgan fingerprint density at radius 2 is 1.18 bits per heavy atom. The third kappa shape index (κ3) is 9.55. The van der Waals surface area contributed by atoms with Gasteiger partial charge in [-0.1, -0.05) is 26.7 Å². The van der Waals surface area contributed by atoms with Crippen LogP contribution in [0.1, 0.15) is 93.9 Å². The fourth-order valence-electron chi connectivity index (χ4n) is 5.11. The van der Waals surface area contributed by atoms with Crippen LogP contribution in [-0.2, 0) is 28.6 Å². The van der Waals surface area contributed by atoms with Crippen LogP contribution in [0.15, 0.2) is 0 Å². The summed E-state index contributed by atoms with van der Waals surface area (Å²) < 4.78 is 15.6. The van der Waals surface area contributed by atoms with Crippen molar-refractivity contribution >= 4 is 17.9 Å². The minimum Gasteiger partial charge on any atom is -0.469 e. The lowest BCUT2D eigenvalue weighted by molar-refractivity contribution is -0.162. The van der Waals surface area contributed by atoms with Crippen molar-refractivity contribution in [2.75, 3.05) is 13.7 Å². The number of aliphatic hydroxyl groups excluding tert-OH is 1. The van der Waals surface area contributed by atoms with Gasteiger partial charge in [0, 0.05) is 6.61 Å². The van der Waals surface area contributed by atoms with Crippen LogP contribution in [0.3, 0.4) is 0 Å². The molecule has 198 valence electrons. The smallest absolute Gasteiger partial charge is 0.309 e. The van der Waals surface area contributed by atoms with Crippen LogP contribution < -0.4 is 0 Å². The quantitative estimate of drug-likeness (QED) is 0.422. The first-order valence-corrected chi connectivity index (χ1v) is 12.8. The molecular weight excluding hydrogens is 436 g/mol. The maximum absolute atomic E-state index is 12.1. The van der Waals surface area contributed by atoms with Crippen LogP contribution in [0.5, 0.6) is 0 Å². The molecule has 6 atom stereocenters. The van der Waals surface area contributed by atoms with Crippen molar-refractivity contribution < 1.29 is 33.7 Å². The van der Waals surface area contributed by atoms with Gasteiger partial charge in [-0.3, -0.25) is 14.4 Å². The van der Waals surface area contributed by atoms with Gasteiger partial charge in [-0.15, -0.1) is 0 Å². The van der Waals surface area contributed by atoms with Crippen molar-refractivity contribution in [1.82, 2.24) is 0 Å². The highest BCUT2D eigenvalue weighted by Gasteiger charge is 2.43. The molecule has 2 fully saturated rings. The van der Waals surface area contributed by atoms with E-state index in [1.54, 1.807) is 0 Å². The first-order valence-electron chi connectivity index (χ1n) is 12.8. The van der Waals surface area contributed by atoms with Gasteiger partial charge in [0.25, 0.3) is 0 Å². The first-order chi connectivity index (χ1) is 15.6. The molecule has 0 radical (unpaired) electrons. The Bertz CT molecular complexity index is 673. The maximum atomic E-state index is 12.1. The zero-order valence-electron chi connectivity index (χ0n) is 22.8. The summed E-state index contributed by atoms with van der Waals surface area (Å²) in [6.45, 7) is 15.6. The van der Waals surface area contributed by atoms with E-state index in [9.17, 15) is 14.4 Å². The molecule has 6 unspecified atom stereocenters. The van der Waals surface area contributed by atoms with Crippen molar-refractivity contribution in [3.63, 3.8) is 0 Å². The summed E-state index contributed by atoms with van der Waals surface area (Å²) in [4.78, 5) is 35.7. The summed E-state index contributed by atoms with van der Waals surface area (Å²) in [6, 6.07) is 0. The van der Waals surface area contributed by atoms with Gasteiger partial charge < -0.3 is 19.3 Å². The lowest BCUT2D eigenvalue weighted by Crippen LogP contribution is -2.30. The number of hydrogen-bond acceptors (Lipinski definition) is 7. The zero-order valence-corrected chi connectivity index (χ0v) is 22.8. The molecule has 0 amide bonds. The Hall–Kier alpha value is -1.63. The molecule has 0 aliphatic heterocycles. The van der Waals surface area contributed by atoms with E-state index in [0.717, 1.165) is 32.1 Å². The maximum Gasteiger partial charge on any atom is 0.309 e. The van der Waals surface area contributed by atoms with Crippen LogP contribution in [0.4, 0.5) is 0 Å². The normalized spacial score (nSPS) is 29.1. The first kappa shape index (κ1) is 30.4. The summed E-state index contributed by atoms with van der Waals surface area (Å²) in [6.07, 6.45) is 4.89. The summed E-state index contributed by atoms with van der Waals surface area (Å²) in [7, 11) is 1.39. The van der Waals surface area contributed by atoms with Crippen LogP contribution in [0.25, 0.3) is 0 Å². The Kier molecular flexibility index (Phi) is 11.5. The second-order valence-electron chi connectivity index (χ2n) is 11.8. The standard InChI is InChI=1S/C14H24O4.C13H24O3/c1-6-9-7-10(12(15)17-5)8-11(9)13(16)18-14(2,3)4;1-5-10-6-9(8-14)7-11(10)12(15)16-13(2,3)4/h9-11H,6-8H2,1-5H3;9-11,14H,5-8H2,1-4H3. The van der Waals surface area contributed by atoms with E-state index in [2.05, 4.69) is 6.92 Å². The molecule has 2 aliphatic rings. The largest absolute Gasteiger partial charge is 0.469 e. The molecule has 2 saturated carbocycles. The number of esters is 3. The van der Waals surface area contributed by atoms with Gasteiger partial charge in [-0.05, 0) is 85.0 Å². The number of ether oxygens (including phenoxy) is 3. The topological polar surface area (TPSA) is 99.1 Å². The monoisotopic (exact) mass is 484 g/mol. The van der Waals surface area contributed by atoms with E-state index >= 15 is 0 Å². The van der Waals surface area contributed by atoms with Gasteiger partial charge in [-0.25, -0.2) is 0 Å². The molecule has 0 aromatic heterocycles. The molecule has 0 aromatic rings. The molecule has 7 nitrogen and oxygen atoms in total. The van der Waals surface area contributed by atoms with Crippen LogP contribution >= 0.6 is 0 Å². The average Bonchev–Trinajstić information content (AvgIpc) is 3.35. The average molecular weight is 485 g/mol. The van der Waals surface area contributed by atoms with Crippen molar-refractivity contribution in [2.45, 2.75) is 105 Å². The zero-order chi connectivity index (χ0) is 26.3. The minimum absolute atomic E-state index is 0.0126. The minimum atomic E-state index is -0.473. The van der Waals surface area contributed by atoms with E-state index in [4.69, 9.17) is 19.3 Å². The molecule has 1 N–H and O–H groups in total. The molecule has 2 rings (SSSR count). The predicted molar refractivity (Wildman–Crippen MR) is 131 cm³/mol. The molecule has 0 aromatic carbocycles. The van der Waals surface area contributed by atoms with Crippen LogP contribution in [0, 0.1) is 35.5 Å². The van der Waals surface area contributed by atoms with E-state index < -0.39 is 11.2 Å². The Morgan fingerprint density at radius 3 is 1.56 bits per heavy atom. The van der Waals surface area contributed by atoms with Gasteiger partial charge in [0.05, 0.1) is 24.9 Å². The van der Waals surface area contributed by atoms with Crippen molar-refractivity contribution in [3.8, 4) is 0 Å². The van der Waals surface area contributed by atoms with Gasteiger partial charge in [0.15, 0.2) is 0 Å². The third-order valence-electron chi connectivity index (χ3n) is 6.75. The number of aliphatic hydroxyl groups is 1. The summed E-state index contributed by atoms with van der Waals surface area (Å²) in [5.41, 5.74) is -0.884. The van der Waals surface area contributed by atoms with E-state index in [0.29, 0.717) is 12.3 Å². The third-order valence-corrected chi connectivity index (χ3v) is 6.75. The van der Waals surface area contributed by atoms with Crippen LogP contribution in [0.2, 0.25) is 0 Å². The number of methoxy groups -OCH3 is 1. The number of carbonyl (C=O) groups is 3. The molecule has 0 bridgehead atoms. The highest BCUT2D eigenvalue weighted by Crippen LogP contribution is 2.41. The van der Waals surface area contributed by atoms with Crippen molar-refractivity contribution in [1.29, 1.82) is 0 Å². The molecule has 2 aliphatic carbocycles. The fraction of sp³-hybridized carbons (Fsp3) is 0.889. The van der Waals surface area contributed by atoms with E-state index in [1.165, 1.54) is 7.11 Å². The van der Waals surface area contributed by atoms with Gasteiger partial charge in [0.1, 0.15) is 11.2 Å². The predicted octanol–water partition coefficient (Wildman–Crippen LogP) is 4.93. The molecule has 0 saturated heterocycles. The Morgan fingerprint density at radius 1 is 0.735 bits per heavy atom. The number of rotatable bonds is 6. The lowest BCUT2D eigenvalue weighted by Gasteiger charge is -2.24. The van der Waals surface area contributed by atoms with Gasteiger partial charge in [-0.2, -0.15) is 0 Å². The van der Waals surface area contributed by atoms with Crippen molar-refractivity contribution in [2.24, 2.45) is 35.5 Å². The number of hydrogen-bond donors (Lipinski definition) is 1. The lowest BCUT2D eigenvalue weighted by atomic mass is 9.93. The van der Waals surface area contributed by atoms with Gasteiger partial charge in [0.2, 0.25) is 0 Å². The molecule has 0 spiro atoms. The molecule has 34 heavy (non-hydrogen) atoms. The Balaban J connectivity index is 0.000000342. The second-order valence-corrected chi connectivity index (χ2v) is 11.8. The summed E-state index contributed by atoms with van der Waals surface area (Å²) in [5, 5.41) is 9.16. The highest BCUT2D eigenvalue weighted by atomic mass is 16.6.